The van der Waals surface area contributed by atoms with Gasteiger partial charge in [-0.05, 0) is 19.8 Å². The number of hydrogen-bond acceptors (Lipinski definition) is 4. The fraction of sp³-hybridized carbons (Fsp3) is 0.615. The molecule has 1 aliphatic rings. The molecule has 1 N–H and O–H groups in total. The first-order chi connectivity index (χ1) is 9.58. The SMILES string of the molecule is Cc1csc(=O)n1CCC(=O)NCC(=O)N1CCCC1. The minimum absolute atomic E-state index is 0.0280. The van der Waals surface area contributed by atoms with Gasteiger partial charge in [-0.1, -0.05) is 11.3 Å². The van der Waals surface area contributed by atoms with Gasteiger partial charge in [-0.25, -0.2) is 0 Å². The molecule has 0 radical (unpaired) electrons. The summed E-state index contributed by atoms with van der Waals surface area (Å²) in [5.74, 6) is -0.227. The van der Waals surface area contributed by atoms with Crippen molar-refractivity contribution in [2.45, 2.75) is 32.7 Å². The predicted molar refractivity (Wildman–Crippen MR) is 76.8 cm³/mol. The van der Waals surface area contributed by atoms with Crippen molar-refractivity contribution < 1.29 is 9.59 Å². The molecule has 0 aliphatic carbocycles. The zero-order chi connectivity index (χ0) is 14.5. The first-order valence-electron chi connectivity index (χ1n) is 6.77. The van der Waals surface area contributed by atoms with E-state index in [-0.39, 0.29) is 29.7 Å². The average Bonchev–Trinajstić information content (AvgIpc) is 3.05. The lowest BCUT2D eigenvalue weighted by Gasteiger charge is -2.15. The summed E-state index contributed by atoms with van der Waals surface area (Å²) >= 11 is 1.13. The largest absolute Gasteiger partial charge is 0.347 e. The number of aromatic nitrogens is 1. The Morgan fingerprint density at radius 3 is 2.65 bits per heavy atom. The molecular formula is C13H19N3O3S. The zero-order valence-corrected chi connectivity index (χ0v) is 12.4. The summed E-state index contributed by atoms with van der Waals surface area (Å²) in [7, 11) is 0. The molecule has 0 unspecified atom stereocenters. The molecule has 110 valence electrons. The number of aryl methyl sites for hydroxylation is 1. The van der Waals surface area contributed by atoms with Gasteiger partial charge in [0.05, 0.1) is 6.54 Å². The molecule has 0 saturated carbocycles. The van der Waals surface area contributed by atoms with Gasteiger partial charge < -0.3 is 14.8 Å². The van der Waals surface area contributed by atoms with Crippen LogP contribution >= 0.6 is 11.3 Å². The number of nitrogens with one attached hydrogen (secondary N) is 1. The summed E-state index contributed by atoms with van der Waals surface area (Å²) in [5.41, 5.74) is 0.862. The van der Waals surface area contributed by atoms with Gasteiger partial charge in [0.15, 0.2) is 0 Å². The van der Waals surface area contributed by atoms with E-state index in [1.807, 2.05) is 6.92 Å². The molecule has 20 heavy (non-hydrogen) atoms. The number of rotatable bonds is 5. The molecular weight excluding hydrogens is 278 g/mol. The molecule has 0 aromatic carbocycles. The van der Waals surface area contributed by atoms with E-state index in [4.69, 9.17) is 0 Å². The molecule has 1 aromatic heterocycles. The molecule has 1 saturated heterocycles. The molecule has 0 bridgehead atoms. The Bertz CT molecular complexity index is 543. The molecule has 1 aliphatic heterocycles. The number of thiazole rings is 1. The quantitative estimate of drug-likeness (QED) is 0.852. The van der Waals surface area contributed by atoms with Crippen LogP contribution in [-0.4, -0.2) is 40.9 Å². The molecule has 2 amide bonds. The topological polar surface area (TPSA) is 71.4 Å². The van der Waals surface area contributed by atoms with E-state index in [0.29, 0.717) is 6.54 Å². The smallest absolute Gasteiger partial charge is 0.307 e. The van der Waals surface area contributed by atoms with Crippen molar-refractivity contribution in [1.29, 1.82) is 0 Å². The second-order valence-corrected chi connectivity index (χ2v) is 5.73. The fourth-order valence-corrected chi connectivity index (χ4v) is 2.99. The molecule has 7 heteroatoms. The molecule has 6 nitrogen and oxygen atoms in total. The van der Waals surface area contributed by atoms with Gasteiger partial charge in [0.1, 0.15) is 0 Å². The van der Waals surface area contributed by atoms with Crippen LogP contribution in [0.3, 0.4) is 0 Å². The summed E-state index contributed by atoms with van der Waals surface area (Å²) in [5, 5.41) is 4.39. The molecule has 2 heterocycles. The predicted octanol–water partition coefficient (Wildman–Crippen LogP) is 0.347. The Labute approximate surface area is 121 Å². The van der Waals surface area contributed by atoms with E-state index < -0.39 is 0 Å². The Kier molecular flexibility index (Phi) is 4.94. The summed E-state index contributed by atoms with van der Waals surface area (Å²) in [6.07, 6.45) is 2.30. The normalized spacial score (nSPS) is 14.6. The first-order valence-corrected chi connectivity index (χ1v) is 7.65. The number of likely N-dealkylation sites (tertiary alicyclic amines) is 1. The van der Waals surface area contributed by atoms with E-state index >= 15 is 0 Å². The maximum atomic E-state index is 11.7. The second kappa shape index (κ2) is 6.69. The molecule has 0 atom stereocenters. The Hall–Kier alpha value is -1.63. The van der Waals surface area contributed by atoms with Gasteiger partial charge in [-0.15, -0.1) is 0 Å². The number of amides is 2. The Morgan fingerprint density at radius 1 is 1.35 bits per heavy atom. The van der Waals surface area contributed by atoms with Crippen molar-refractivity contribution in [2.75, 3.05) is 19.6 Å². The van der Waals surface area contributed by atoms with Crippen LogP contribution in [0, 0.1) is 6.92 Å². The first kappa shape index (κ1) is 14.8. The van der Waals surface area contributed by atoms with Crippen LogP contribution in [0.2, 0.25) is 0 Å². The van der Waals surface area contributed by atoms with Gasteiger partial charge >= 0.3 is 4.87 Å². The summed E-state index contributed by atoms with van der Waals surface area (Å²) in [4.78, 5) is 36.6. The van der Waals surface area contributed by atoms with Gasteiger partial charge in [0.25, 0.3) is 0 Å². The third kappa shape index (κ3) is 3.69. The Balaban J connectivity index is 1.73. The van der Waals surface area contributed by atoms with Crippen LogP contribution < -0.4 is 10.2 Å². The summed E-state index contributed by atoms with van der Waals surface area (Å²) < 4.78 is 1.58. The van der Waals surface area contributed by atoms with E-state index in [0.717, 1.165) is 43.0 Å². The average molecular weight is 297 g/mol. The van der Waals surface area contributed by atoms with Crippen LogP contribution in [-0.2, 0) is 16.1 Å². The fourth-order valence-electron chi connectivity index (χ4n) is 2.23. The third-order valence-electron chi connectivity index (χ3n) is 3.43. The highest BCUT2D eigenvalue weighted by atomic mass is 32.1. The molecule has 2 rings (SSSR count). The van der Waals surface area contributed by atoms with Crippen molar-refractivity contribution in [3.05, 3.63) is 20.7 Å². The van der Waals surface area contributed by atoms with Crippen molar-refractivity contribution in [1.82, 2.24) is 14.8 Å². The Morgan fingerprint density at radius 2 is 2.05 bits per heavy atom. The number of nitrogens with zero attached hydrogens (tertiary/aromatic N) is 2. The maximum absolute atomic E-state index is 11.7. The van der Waals surface area contributed by atoms with Gasteiger partial charge in [0.2, 0.25) is 11.8 Å². The van der Waals surface area contributed by atoms with E-state index in [9.17, 15) is 14.4 Å². The summed E-state index contributed by atoms with van der Waals surface area (Å²) in [6.45, 7) is 3.83. The number of hydrogen-bond donors (Lipinski definition) is 1. The van der Waals surface area contributed by atoms with Crippen molar-refractivity contribution in [3.63, 3.8) is 0 Å². The van der Waals surface area contributed by atoms with Crippen LogP contribution in [0.15, 0.2) is 10.2 Å². The zero-order valence-electron chi connectivity index (χ0n) is 11.6. The summed E-state index contributed by atoms with van der Waals surface area (Å²) in [6, 6.07) is 0. The van der Waals surface area contributed by atoms with E-state index in [1.165, 1.54) is 0 Å². The lowest BCUT2D eigenvalue weighted by molar-refractivity contribution is -0.132. The van der Waals surface area contributed by atoms with Gasteiger partial charge in [-0.2, -0.15) is 0 Å². The minimum atomic E-state index is -0.199. The van der Waals surface area contributed by atoms with Crippen LogP contribution in [0.25, 0.3) is 0 Å². The molecule has 1 fully saturated rings. The highest BCUT2D eigenvalue weighted by Crippen LogP contribution is 2.06. The van der Waals surface area contributed by atoms with Crippen LogP contribution in [0.5, 0.6) is 0 Å². The monoisotopic (exact) mass is 297 g/mol. The molecule has 0 spiro atoms. The van der Waals surface area contributed by atoms with E-state index in [1.54, 1.807) is 14.8 Å². The van der Waals surface area contributed by atoms with Crippen molar-refractivity contribution >= 4 is 23.2 Å². The lowest BCUT2D eigenvalue weighted by Crippen LogP contribution is -2.39. The molecule has 1 aromatic rings. The van der Waals surface area contributed by atoms with Crippen molar-refractivity contribution in [2.24, 2.45) is 0 Å². The highest BCUT2D eigenvalue weighted by molar-refractivity contribution is 7.07. The number of carbonyl (C=O) groups is 2. The second-order valence-electron chi connectivity index (χ2n) is 4.91. The maximum Gasteiger partial charge on any atom is 0.307 e. The van der Waals surface area contributed by atoms with Crippen LogP contribution in [0.4, 0.5) is 0 Å². The minimum Gasteiger partial charge on any atom is -0.347 e. The standard InChI is InChI=1S/C13H19N3O3S/c1-10-9-20-13(19)16(10)7-4-11(17)14-8-12(18)15-5-2-3-6-15/h9H,2-8H2,1H3,(H,14,17). The van der Waals surface area contributed by atoms with Gasteiger partial charge in [0, 0.05) is 37.1 Å². The highest BCUT2D eigenvalue weighted by Gasteiger charge is 2.18. The van der Waals surface area contributed by atoms with E-state index in [2.05, 4.69) is 5.32 Å². The third-order valence-corrected chi connectivity index (χ3v) is 4.32. The van der Waals surface area contributed by atoms with Crippen molar-refractivity contribution in [3.8, 4) is 0 Å². The lowest BCUT2D eigenvalue weighted by atomic mass is 10.3. The number of carbonyl (C=O) groups excluding carboxylic acids is 2. The van der Waals surface area contributed by atoms with Gasteiger partial charge in [-0.3, -0.25) is 14.4 Å². The van der Waals surface area contributed by atoms with Crippen LogP contribution in [0.1, 0.15) is 25.0 Å².